The van der Waals surface area contributed by atoms with Gasteiger partial charge in [-0.05, 0) is 57.0 Å². The van der Waals surface area contributed by atoms with E-state index < -0.39 is 12.0 Å². The molecule has 0 spiro atoms. The summed E-state index contributed by atoms with van der Waals surface area (Å²) in [6.07, 6.45) is 3.56. The van der Waals surface area contributed by atoms with E-state index in [-0.39, 0.29) is 0 Å². The normalized spacial score (nSPS) is 19.1. The summed E-state index contributed by atoms with van der Waals surface area (Å²) in [5.41, 5.74) is 2.99. The number of benzene rings is 2. The van der Waals surface area contributed by atoms with Gasteiger partial charge in [0.2, 0.25) is 11.4 Å². The average molecular weight is 470 g/mol. The van der Waals surface area contributed by atoms with Crippen LogP contribution in [0, 0.1) is 0 Å². The Bertz CT molecular complexity index is 1240. The largest absolute Gasteiger partial charge is 0.548 e. The van der Waals surface area contributed by atoms with Gasteiger partial charge >= 0.3 is 0 Å². The Morgan fingerprint density at radius 2 is 2.16 bits per heavy atom. The molecule has 166 valence electrons. The summed E-state index contributed by atoms with van der Waals surface area (Å²) in [7, 11) is 0. The Morgan fingerprint density at radius 3 is 2.91 bits per heavy atom. The van der Waals surface area contributed by atoms with Crippen LogP contribution in [0.25, 0.3) is 16.3 Å². The fourth-order valence-corrected chi connectivity index (χ4v) is 5.93. The van der Waals surface area contributed by atoms with E-state index in [4.69, 9.17) is 16.3 Å². The van der Waals surface area contributed by atoms with Gasteiger partial charge in [-0.3, -0.25) is 0 Å². The van der Waals surface area contributed by atoms with Crippen LogP contribution in [0.5, 0.6) is 5.75 Å². The number of halogens is 1. The smallest absolute Gasteiger partial charge is 0.268 e. The first kappa shape index (κ1) is 21.1. The minimum Gasteiger partial charge on any atom is -0.548 e. The highest BCUT2D eigenvalue weighted by Gasteiger charge is 2.30. The number of aryl methyl sites for hydroxylation is 1. The average Bonchev–Trinajstić information content (AvgIpc) is 3.47. The number of ether oxygens (including phenoxy) is 1. The molecule has 1 atom stereocenters. The quantitative estimate of drug-likeness (QED) is 0.532. The topological polar surface area (TPSA) is 59.7 Å². The van der Waals surface area contributed by atoms with Gasteiger partial charge in [-0.25, -0.2) is 0 Å². The zero-order valence-corrected chi connectivity index (χ0v) is 19.6. The van der Waals surface area contributed by atoms with Crippen molar-refractivity contribution in [2.75, 3.05) is 22.9 Å². The lowest BCUT2D eigenvalue weighted by molar-refractivity contribution is -0.665. The first-order valence-corrected chi connectivity index (χ1v) is 12.1. The van der Waals surface area contributed by atoms with Crippen LogP contribution in [-0.2, 0) is 11.3 Å². The summed E-state index contributed by atoms with van der Waals surface area (Å²) in [6.45, 7) is 6.49. The number of carbonyl (C=O) groups is 1. The summed E-state index contributed by atoms with van der Waals surface area (Å²) < 4.78 is 9.54. The Hall–Kier alpha value is -2.77. The van der Waals surface area contributed by atoms with Crippen LogP contribution >= 0.6 is 22.9 Å². The Morgan fingerprint density at radius 1 is 1.31 bits per heavy atom. The van der Waals surface area contributed by atoms with Crippen LogP contribution in [0.2, 0.25) is 5.02 Å². The Balaban J connectivity index is 1.55. The third-order valence-electron chi connectivity index (χ3n) is 6.14. The van der Waals surface area contributed by atoms with Crippen LogP contribution in [-0.4, -0.2) is 25.1 Å². The molecule has 1 saturated heterocycles. The minimum absolute atomic E-state index is 0.557. The first-order valence-electron chi connectivity index (χ1n) is 10.9. The highest BCUT2D eigenvalue weighted by atomic mass is 35.5. The van der Waals surface area contributed by atoms with E-state index in [9.17, 15) is 9.90 Å². The van der Waals surface area contributed by atoms with Gasteiger partial charge in [-0.15, -0.1) is 0 Å². The number of carbonyl (C=O) groups excluding carboxylic acids is 1. The van der Waals surface area contributed by atoms with E-state index in [2.05, 4.69) is 41.5 Å². The van der Waals surface area contributed by atoms with Gasteiger partial charge in [0.1, 0.15) is 11.2 Å². The van der Waals surface area contributed by atoms with E-state index in [0.717, 1.165) is 64.3 Å². The monoisotopic (exact) mass is 469 g/mol. The molecule has 0 bridgehead atoms. The van der Waals surface area contributed by atoms with Gasteiger partial charge in [0.25, 0.3) is 5.01 Å². The molecule has 2 aromatic carbocycles. The van der Waals surface area contributed by atoms with Gasteiger partial charge in [0.05, 0.1) is 23.8 Å². The third kappa shape index (κ3) is 3.49. The first-order chi connectivity index (χ1) is 15.5. The fraction of sp³-hybridized carbons (Fsp3) is 0.333. The van der Waals surface area contributed by atoms with Crippen molar-refractivity contribution in [1.29, 1.82) is 0 Å². The number of carboxylic acid groups (broad SMARTS) is 1. The predicted octanol–water partition coefficient (Wildman–Crippen LogP) is 3.80. The standard InChI is InChI=1S/C24H24ClN3O3S/c1-3-26-18-12-15(25)7-9-20(18)31-22(26)14-23-27(4-2)19-13-16(8-10-21(19)32-23)28-11-5-6-17(28)24(29)30/h7-10,12-14,17H,3-6,11H2,1-2H3. The molecule has 8 heteroatoms. The van der Waals surface area contributed by atoms with Gasteiger partial charge in [0.15, 0.2) is 5.75 Å². The zero-order chi connectivity index (χ0) is 22.4. The molecule has 0 radical (unpaired) electrons. The molecule has 6 nitrogen and oxygen atoms in total. The van der Waals surface area contributed by atoms with Crippen molar-refractivity contribution in [3.63, 3.8) is 0 Å². The summed E-state index contributed by atoms with van der Waals surface area (Å²) in [4.78, 5) is 15.6. The zero-order valence-electron chi connectivity index (χ0n) is 18.0. The van der Waals surface area contributed by atoms with Crippen molar-refractivity contribution in [1.82, 2.24) is 0 Å². The van der Waals surface area contributed by atoms with E-state index in [1.807, 2.05) is 29.2 Å². The number of hydrogen-bond acceptors (Lipinski definition) is 6. The molecular formula is C24H24ClN3O3S. The van der Waals surface area contributed by atoms with Gasteiger partial charge < -0.3 is 24.4 Å². The molecule has 1 aromatic heterocycles. The molecule has 3 heterocycles. The van der Waals surface area contributed by atoms with Crippen LogP contribution in [0.4, 0.5) is 11.4 Å². The summed E-state index contributed by atoms with van der Waals surface area (Å²) in [5.74, 6) is 0.575. The van der Waals surface area contributed by atoms with Gasteiger partial charge in [-0.1, -0.05) is 22.9 Å². The molecular weight excluding hydrogens is 446 g/mol. The lowest BCUT2D eigenvalue weighted by Crippen LogP contribution is -2.44. The lowest BCUT2D eigenvalue weighted by atomic mass is 10.2. The second-order valence-corrected chi connectivity index (χ2v) is 9.45. The van der Waals surface area contributed by atoms with Crippen molar-refractivity contribution in [3.8, 4) is 5.75 Å². The van der Waals surface area contributed by atoms with Crippen molar-refractivity contribution < 1.29 is 19.2 Å². The maximum atomic E-state index is 11.6. The summed E-state index contributed by atoms with van der Waals surface area (Å²) >= 11 is 7.90. The number of anilines is 2. The molecule has 0 N–H and O–H groups in total. The molecule has 5 rings (SSSR count). The Kier molecular flexibility index (Phi) is 5.47. The fourth-order valence-electron chi connectivity index (χ4n) is 4.64. The van der Waals surface area contributed by atoms with E-state index in [1.54, 1.807) is 11.3 Å². The number of nitrogens with zero attached hydrogens (tertiary/aromatic N) is 3. The van der Waals surface area contributed by atoms with Crippen molar-refractivity contribution >= 4 is 56.6 Å². The Labute approximate surface area is 195 Å². The molecule has 1 fully saturated rings. The highest BCUT2D eigenvalue weighted by Crippen LogP contribution is 2.41. The van der Waals surface area contributed by atoms with Crippen molar-refractivity contribution in [2.24, 2.45) is 0 Å². The van der Waals surface area contributed by atoms with Crippen LogP contribution in [0.3, 0.4) is 0 Å². The van der Waals surface area contributed by atoms with E-state index >= 15 is 0 Å². The predicted molar refractivity (Wildman–Crippen MR) is 126 cm³/mol. The number of rotatable bonds is 5. The van der Waals surface area contributed by atoms with E-state index in [1.165, 1.54) is 0 Å². The molecule has 0 amide bonds. The molecule has 2 aliphatic heterocycles. The van der Waals surface area contributed by atoms with Crippen LogP contribution in [0.1, 0.15) is 31.7 Å². The lowest BCUT2D eigenvalue weighted by Gasteiger charge is -2.27. The molecule has 0 saturated carbocycles. The molecule has 32 heavy (non-hydrogen) atoms. The number of carboxylic acids is 1. The third-order valence-corrected chi connectivity index (χ3v) is 7.49. The maximum absolute atomic E-state index is 11.6. The summed E-state index contributed by atoms with van der Waals surface area (Å²) in [5, 5.41) is 13.3. The number of aromatic nitrogens is 1. The molecule has 3 aromatic rings. The van der Waals surface area contributed by atoms with Gasteiger partial charge in [0, 0.05) is 29.9 Å². The van der Waals surface area contributed by atoms with Crippen molar-refractivity contribution in [3.05, 3.63) is 52.3 Å². The van der Waals surface area contributed by atoms with Crippen LogP contribution in [0.15, 0.2) is 42.3 Å². The molecule has 1 unspecified atom stereocenters. The van der Waals surface area contributed by atoms with Crippen LogP contribution < -0.4 is 24.2 Å². The SMILES string of the molecule is CCN1/C(=C/c2sc3ccc(N4CCCC4C(=O)[O-])cc3[n+]2CC)Oc2ccc(Cl)cc21. The second kappa shape index (κ2) is 8.30. The second-order valence-electron chi connectivity index (χ2n) is 7.95. The van der Waals surface area contributed by atoms with E-state index in [0.29, 0.717) is 11.4 Å². The number of aliphatic carboxylic acids is 1. The highest BCUT2D eigenvalue weighted by molar-refractivity contribution is 7.18. The number of thiazole rings is 1. The maximum Gasteiger partial charge on any atom is 0.268 e. The van der Waals surface area contributed by atoms with Gasteiger partial charge in [-0.2, -0.15) is 4.57 Å². The number of fused-ring (bicyclic) bond motifs is 2. The minimum atomic E-state index is -1.00. The van der Waals surface area contributed by atoms with Crippen molar-refractivity contribution in [2.45, 2.75) is 39.3 Å². The number of hydrogen-bond donors (Lipinski definition) is 0. The molecule has 2 aliphatic rings. The molecule has 0 aliphatic carbocycles. The summed E-state index contributed by atoms with van der Waals surface area (Å²) in [6, 6.07) is 11.3.